The zero-order valence-corrected chi connectivity index (χ0v) is 59.4. The maximum absolute atomic E-state index is 14.5. The molecule has 4 aliphatic rings. The molecule has 1 aliphatic carbocycles. The number of fused-ring (bicyclic) bond motifs is 1. The number of piperidine rings is 1. The van der Waals surface area contributed by atoms with Crippen LogP contribution in [0.2, 0.25) is 5.02 Å². The zero-order chi connectivity index (χ0) is 71.2. The number of hydrogen-bond donors (Lipinski definition) is 4. The number of benzene rings is 5. The zero-order valence-electron chi connectivity index (χ0n) is 56.2. The van der Waals surface area contributed by atoms with E-state index >= 15 is 0 Å². The molecule has 5 aromatic carbocycles. The number of ether oxygens (including phenoxy) is 2. The Morgan fingerprint density at radius 2 is 1.55 bits per heavy atom. The molecule has 100 heavy (non-hydrogen) atoms. The smallest absolute Gasteiger partial charge is 0.382 e. The highest BCUT2D eigenvalue weighted by Crippen LogP contribution is 2.43. The largest absolute Gasteiger partial charge is 0.501 e. The van der Waals surface area contributed by atoms with Crippen molar-refractivity contribution in [1.29, 1.82) is 0 Å². The fourth-order valence-electron chi connectivity index (χ4n) is 12.8. The van der Waals surface area contributed by atoms with Gasteiger partial charge in [-0.3, -0.25) is 43.8 Å². The Morgan fingerprint density at radius 1 is 0.820 bits per heavy atom. The maximum Gasteiger partial charge on any atom is 0.501 e. The van der Waals surface area contributed by atoms with Crippen LogP contribution in [0.5, 0.6) is 0 Å². The number of rotatable bonds is 34. The lowest BCUT2D eigenvalue weighted by Crippen LogP contribution is -2.54. The fourth-order valence-corrected chi connectivity index (χ4v) is 16.0. The van der Waals surface area contributed by atoms with Crippen LogP contribution in [0.3, 0.4) is 0 Å². The molecule has 1 aromatic heterocycles. The number of aryl methyl sites for hydroxylation is 1. The molecule has 0 bridgehead atoms. The molecule has 1 unspecified atom stereocenters. The molecule has 0 spiro atoms. The van der Waals surface area contributed by atoms with Gasteiger partial charge in [0.1, 0.15) is 16.6 Å². The first-order valence-corrected chi connectivity index (χ1v) is 38.0. The van der Waals surface area contributed by atoms with Crippen LogP contribution in [-0.4, -0.2) is 179 Å². The van der Waals surface area contributed by atoms with Gasteiger partial charge in [-0.1, -0.05) is 91.9 Å². The highest BCUT2D eigenvalue weighted by molar-refractivity contribution is 7.99. The van der Waals surface area contributed by atoms with Gasteiger partial charge in [-0.25, -0.2) is 21.6 Å². The summed E-state index contributed by atoms with van der Waals surface area (Å²) in [6.07, 6.45) is 10.0. The third-order valence-corrected chi connectivity index (χ3v) is 22.6. The number of unbranched alkanes of at least 4 members (excludes halogenated alkanes) is 4. The van der Waals surface area contributed by atoms with E-state index in [9.17, 15) is 54.0 Å². The molecule has 5 amide bonds. The molecule has 0 saturated carbocycles. The topological polar surface area (TPSA) is 264 Å². The van der Waals surface area contributed by atoms with Gasteiger partial charge in [0.05, 0.1) is 54.3 Å². The predicted molar refractivity (Wildman–Crippen MR) is 377 cm³/mol. The van der Waals surface area contributed by atoms with Gasteiger partial charge in [0.15, 0.2) is 0 Å². The number of halogens is 4. The number of carbonyl (C=O) groups excluding carboxylic acids is 5. The third kappa shape index (κ3) is 19.7. The van der Waals surface area contributed by atoms with Crippen LogP contribution in [0, 0.1) is 5.41 Å². The molecule has 2 fully saturated rings. The number of hydrogen-bond acceptors (Lipinski definition) is 19. The summed E-state index contributed by atoms with van der Waals surface area (Å²) in [5.41, 5.74) is 0.254. The number of sulfonamides is 1. The molecule has 10 rings (SSSR count). The summed E-state index contributed by atoms with van der Waals surface area (Å²) in [5, 5.41) is 17.5. The Bertz CT molecular complexity index is 4140. The van der Waals surface area contributed by atoms with Crippen molar-refractivity contribution in [3.05, 3.63) is 160 Å². The minimum Gasteiger partial charge on any atom is -0.382 e. The highest BCUT2D eigenvalue weighted by atomic mass is 35.5. The molecule has 4 N–H and O–H groups in total. The number of allylic oxidation sites excluding steroid dienone is 1. The summed E-state index contributed by atoms with van der Waals surface area (Å²) in [6, 6.07) is 29.4. The Kier molecular flexibility index (Phi) is 25.4. The number of thioether (sulfide) groups is 1. The van der Waals surface area contributed by atoms with E-state index in [0.717, 1.165) is 105 Å². The maximum atomic E-state index is 14.5. The Morgan fingerprint density at radius 3 is 2.29 bits per heavy atom. The summed E-state index contributed by atoms with van der Waals surface area (Å²) >= 11 is 7.65. The Labute approximate surface area is 591 Å². The van der Waals surface area contributed by atoms with Crippen molar-refractivity contribution in [1.82, 2.24) is 39.7 Å². The number of aromatic nitrogens is 3. The van der Waals surface area contributed by atoms with Crippen LogP contribution in [-0.2, 0) is 52.1 Å². The molecular formula is C71H85ClF3N11O11S3. The van der Waals surface area contributed by atoms with E-state index in [1.165, 1.54) is 46.7 Å². The van der Waals surface area contributed by atoms with Gasteiger partial charge in [0.2, 0.25) is 11.8 Å². The number of amides is 5. The molecule has 4 heterocycles. The van der Waals surface area contributed by atoms with Crippen LogP contribution < -0.4 is 25.6 Å². The predicted octanol–water partition coefficient (Wildman–Crippen LogP) is 10.7. The molecule has 536 valence electrons. The molecule has 3 aliphatic heterocycles. The quantitative estimate of drug-likeness (QED) is 0.0166. The lowest BCUT2D eigenvalue weighted by molar-refractivity contribution is -0.136. The van der Waals surface area contributed by atoms with Crippen LogP contribution in [0.1, 0.15) is 127 Å². The minimum atomic E-state index is -6.13. The number of nitrogens with zero attached hydrogens (tertiary/aromatic N) is 7. The second kappa shape index (κ2) is 33.9. The van der Waals surface area contributed by atoms with Crippen molar-refractivity contribution >= 4 is 95.4 Å². The summed E-state index contributed by atoms with van der Waals surface area (Å²) < 4.78 is 113. The number of piperazine rings is 1. The van der Waals surface area contributed by atoms with Crippen LogP contribution in [0.25, 0.3) is 5.57 Å². The summed E-state index contributed by atoms with van der Waals surface area (Å²) in [5.74, 6) is -3.02. The fraction of sp³-hybridized carbons (Fsp3) is 0.451. The standard InChI is InChI=1S/C71H85ClF3N11O11S3/c1-70(2)31-29-58(49-17-21-52(72)22-18-49)51(44-70)45-83-36-38-84(39-37-83)55-23-19-50(20-24-55)66(88)80-100(94,95)57-25-26-60(63(43-57)99(92,93)71(73,74)75)77-53(48-98-56-13-8-7-9-14-56)30-35-82(3)33-10-5-4-6-11-34-85-46-54(79-81-85)47-97-42-41-96-40-32-76-61-16-12-15-59-65(61)69(91)86(68(59)90)62-27-28-64(87)78-67(62)89/h7-9,12-26,43,46,53,62,76-77H,4-6,10-11,27-42,44-45,47-48H2,1-3H3,(H,80,88)(H,78,87,89)/t53-,62?/m1/s1. The molecule has 29 heteroatoms. The second-order valence-electron chi connectivity index (χ2n) is 26.3. The first-order chi connectivity index (χ1) is 47.8. The monoisotopic (exact) mass is 1460 g/mol. The summed E-state index contributed by atoms with van der Waals surface area (Å²) in [6.45, 7) is 11.8. The number of sulfone groups is 1. The van der Waals surface area contributed by atoms with Crippen molar-refractivity contribution in [3.8, 4) is 0 Å². The summed E-state index contributed by atoms with van der Waals surface area (Å²) in [4.78, 5) is 70.6. The van der Waals surface area contributed by atoms with Crippen LogP contribution >= 0.6 is 23.4 Å². The van der Waals surface area contributed by atoms with Gasteiger partial charge >= 0.3 is 5.51 Å². The van der Waals surface area contributed by atoms with E-state index in [1.807, 2.05) is 60.4 Å². The number of alkyl halides is 3. The molecule has 2 atom stereocenters. The van der Waals surface area contributed by atoms with Crippen molar-refractivity contribution in [2.24, 2.45) is 5.41 Å². The molecule has 22 nitrogen and oxygen atoms in total. The molecular weight excluding hydrogens is 1370 g/mol. The van der Waals surface area contributed by atoms with Crippen LogP contribution in [0.4, 0.5) is 30.2 Å². The van der Waals surface area contributed by atoms with Gasteiger partial charge in [-0.2, -0.15) is 13.2 Å². The third-order valence-electron chi connectivity index (χ3n) is 18.3. The van der Waals surface area contributed by atoms with E-state index in [0.29, 0.717) is 74.0 Å². The van der Waals surface area contributed by atoms with Crippen molar-refractivity contribution < 1.29 is 63.5 Å². The van der Waals surface area contributed by atoms with Gasteiger partial charge in [0.25, 0.3) is 37.6 Å². The second-order valence-corrected chi connectivity index (χ2v) is 31.5. The van der Waals surface area contributed by atoms with Gasteiger partial charge in [0, 0.05) is 90.9 Å². The molecule has 6 aromatic rings. The Balaban J connectivity index is 0.644. The lowest BCUT2D eigenvalue weighted by atomic mass is 9.73. The van der Waals surface area contributed by atoms with Crippen LogP contribution in [0.15, 0.2) is 142 Å². The number of nitrogens with one attached hydrogen (secondary N) is 4. The van der Waals surface area contributed by atoms with E-state index in [2.05, 4.69) is 66.9 Å². The molecule has 0 radical (unpaired) electrons. The SMILES string of the molecule is CN(CCCCCCCn1cc(COCCOCCNc2cccc3c2C(=O)N(C2CCC(=O)NC2=O)C3=O)nn1)CC[C@H](CSc1ccccc1)Nc1ccc(S(=O)(=O)NC(=O)c2ccc(N3CCN(CC4=C(c5ccc(Cl)cc5)CCC(C)(C)C4)CC3)cc2)cc1S(=O)(=O)C(F)(F)F. The van der Waals surface area contributed by atoms with E-state index in [-0.39, 0.29) is 54.8 Å². The first-order valence-electron chi connectivity index (χ1n) is 33.6. The minimum absolute atomic E-state index is 0.0238. The van der Waals surface area contributed by atoms with E-state index in [1.54, 1.807) is 28.9 Å². The number of anilines is 3. The normalized spacial score (nSPS) is 17.2. The van der Waals surface area contributed by atoms with Gasteiger partial charge in [-0.15, -0.1) is 16.9 Å². The van der Waals surface area contributed by atoms with E-state index < -0.39 is 82.5 Å². The highest BCUT2D eigenvalue weighted by Gasteiger charge is 2.49. The lowest BCUT2D eigenvalue weighted by Gasteiger charge is -2.39. The number of imide groups is 2. The summed E-state index contributed by atoms with van der Waals surface area (Å²) in [7, 11) is -9.10. The first kappa shape index (κ1) is 75.0. The van der Waals surface area contributed by atoms with Gasteiger partial charge < -0.3 is 29.9 Å². The van der Waals surface area contributed by atoms with Crippen molar-refractivity contribution in [2.75, 3.05) is 101 Å². The van der Waals surface area contributed by atoms with E-state index in [4.69, 9.17) is 21.1 Å². The average molecular weight is 1460 g/mol. The van der Waals surface area contributed by atoms with Gasteiger partial charge in [-0.05, 0) is 160 Å². The average Bonchev–Trinajstić information content (AvgIpc) is 1.30. The molecule has 2 saturated heterocycles. The Hall–Kier alpha value is -7.70. The van der Waals surface area contributed by atoms with Crippen molar-refractivity contribution in [2.45, 2.75) is 130 Å². The van der Waals surface area contributed by atoms with Crippen molar-refractivity contribution in [3.63, 3.8) is 0 Å². The number of carbonyl (C=O) groups is 5.